The molecule has 1 aromatic heterocycles. The lowest BCUT2D eigenvalue weighted by atomic mass is 10.1. The average Bonchev–Trinajstić information content (AvgIpc) is 3.03. The molecule has 1 amide bonds. The SMILES string of the molecule is CC(Sc1nnnn1-c1ccc(Cl)cc1)C(=O)N1CCCCC1. The van der Waals surface area contributed by atoms with Gasteiger partial charge in [0.25, 0.3) is 0 Å². The van der Waals surface area contributed by atoms with Crippen molar-refractivity contribution in [1.29, 1.82) is 0 Å². The van der Waals surface area contributed by atoms with Gasteiger partial charge in [-0.05, 0) is 60.9 Å². The first kappa shape index (κ1) is 16.3. The van der Waals surface area contributed by atoms with Gasteiger partial charge in [0.1, 0.15) is 0 Å². The number of thioether (sulfide) groups is 1. The van der Waals surface area contributed by atoms with Gasteiger partial charge in [0.15, 0.2) is 0 Å². The Hall–Kier alpha value is -1.60. The van der Waals surface area contributed by atoms with E-state index >= 15 is 0 Å². The number of aromatic nitrogens is 4. The van der Waals surface area contributed by atoms with Crippen LogP contribution in [0, 0.1) is 0 Å². The number of halogens is 1. The fourth-order valence-corrected chi connectivity index (χ4v) is 3.59. The van der Waals surface area contributed by atoms with Crippen LogP contribution >= 0.6 is 23.4 Å². The van der Waals surface area contributed by atoms with E-state index in [-0.39, 0.29) is 11.2 Å². The summed E-state index contributed by atoms with van der Waals surface area (Å²) >= 11 is 7.29. The number of rotatable bonds is 4. The van der Waals surface area contributed by atoms with E-state index in [0.29, 0.717) is 10.2 Å². The van der Waals surface area contributed by atoms with Gasteiger partial charge in [-0.3, -0.25) is 4.79 Å². The van der Waals surface area contributed by atoms with Crippen LogP contribution in [0.15, 0.2) is 29.4 Å². The van der Waals surface area contributed by atoms with Gasteiger partial charge in [0, 0.05) is 18.1 Å². The Bertz CT molecular complexity index is 669. The Morgan fingerprint density at radius 1 is 1.22 bits per heavy atom. The molecule has 0 bridgehead atoms. The number of tetrazole rings is 1. The normalized spacial score (nSPS) is 16.3. The van der Waals surface area contributed by atoms with E-state index in [2.05, 4.69) is 15.5 Å². The van der Waals surface area contributed by atoms with E-state index in [1.54, 1.807) is 16.8 Å². The van der Waals surface area contributed by atoms with E-state index in [1.165, 1.54) is 18.2 Å². The largest absolute Gasteiger partial charge is 0.342 e. The van der Waals surface area contributed by atoms with Gasteiger partial charge in [-0.2, -0.15) is 4.68 Å². The van der Waals surface area contributed by atoms with Crippen molar-refractivity contribution >= 4 is 29.3 Å². The number of piperidine rings is 1. The zero-order valence-corrected chi connectivity index (χ0v) is 14.4. The van der Waals surface area contributed by atoms with Crippen LogP contribution in [0.1, 0.15) is 26.2 Å². The van der Waals surface area contributed by atoms with Gasteiger partial charge in [-0.25, -0.2) is 0 Å². The van der Waals surface area contributed by atoms with E-state index in [1.807, 2.05) is 24.0 Å². The minimum atomic E-state index is -0.217. The lowest BCUT2D eigenvalue weighted by molar-refractivity contribution is -0.131. The van der Waals surface area contributed by atoms with Crippen molar-refractivity contribution in [3.8, 4) is 5.69 Å². The molecule has 23 heavy (non-hydrogen) atoms. The Balaban J connectivity index is 1.71. The molecule has 0 spiro atoms. The second-order valence-corrected chi connectivity index (χ2v) is 7.24. The number of hydrogen-bond donors (Lipinski definition) is 0. The Labute approximate surface area is 144 Å². The quantitative estimate of drug-likeness (QED) is 0.792. The van der Waals surface area contributed by atoms with Gasteiger partial charge in [0.2, 0.25) is 11.1 Å². The fourth-order valence-electron chi connectivity index (χ4n) is 2.58. The summed E-state index contributed by atoms with van der Waals surface area (Å²) in [6.45, 7) is 3.61. The van der Waals surface area contributed by atoms with Crippen LogP contribution in [0.25, 0.3) is 5.69 Å². The van der Waals surface area contributed by atoms with Gasteiger partial charge < -0.3 is 4.90 Å². The van der Waals surface area contributed by atoms with Crippen molar-refractivity contribution in [2.75, 3.05) is 13.1 Å². The molecule has 1 unspecified atom stereocenters. The van der Waals surface area contributed by atoms with Crippen LogP contribution in [0.3, 0.4) is 0 Å². The number of nitrogens with zero attached hydrogens (tertiary/aromatic N) is 5. The molecule has 0 saturated carbocycles. The number of carbonyl (C=O) groups excluding carboxylic acids is 1. The monoisotopic (exact) mass is 351 g/mol. The predicted molar refractivity (Wildman–Crippen MR) is 89.9 cm³/mol. The first-order chi connectivity index (χ1) is 11.1. The van der Waals surface area contributed by atoms with E-state index in [4.69, 9.17) is 11.6 Å². The molecule has 1 aliphatic rings. The second-order valence-electron chi connectivity index (χ2n) is 5.50. The number of amides is 1. The first-order valence-electron chi connectivity index (χ1n) is 7.65. The summed E-state index contributed by atoms with van der Waals surface area (Å²) in [5.74, 6) is 0.153. The highest BCUT2D eigenvalue weighted by molar-refractivity contribution is 8.00. The van der Waals surface area contributed by atoms with Crippen molar-refractivity contribution in [3.63, 3.8) is 0 Å². The van der Waals surface area contributed by atoms with Crippen molar-refractivity contribution in [2.45, 2.75) is 36.6 Å². The summed E-state index contributed by atoms with van der Waals surface area (Å²) in [6.07, 6.45) is 3.39. The molecule has 2 aromatic rings. The van der Waals surface area contributed by atoms with Gasteiger partial charge in [0.05, 0.1) is 10.9 Å². The van der Waals surface area contributed by atoms with Crippen molar-refractivity contribution in [2.24, 2.45) is 0 Å². The number of benzene rings is 1. The van der Waals surface area contributed by atoms with Crippen LogP contribution in [-0.2, 0) is 4.79 Å². The van der Waals surface area contributed by atoms with Crippen molar-refractivity contribution < 1.29 is 4.79 Å². The first-order valence-corrected chi connectivity index (χ1v) is 8.90. The Kier molecular flexibility index (Phi) is 5.17. The molecule has 1 aliphatic heterocycles. The van der Waals surface area contributed by atoms with Gasteiger partial charge in [-0.15, -0.1) is 5.10 Å². The molecule has 2 heterocycles. The summed E-state index contributed by atoms with van der Waals surface area (Å²) in [5.41, 5.74) is 0.819. The standard InChI is InChI=1S/C15H18ClN5OS/c1-11(14(22)20-9-3-2-4-10-20)23-15-17-18-19-21(15)13-7-5-12(16)6-8-13/h5-8,11H,2-4,9-10H2,1H3. The summed E-state index contributed by atoms with van der Waals surface area (Å²) in [5, 5.41) is 12.8. The molecule has 1 atom stereocenters. The third-order valence-electron chi connectivity index (χ3n) is 3.81. The molecule has 8 heteroatoms. The van der Waals surface area contributed by atoms with Crippen LogP contribution in [-0.4, -0.2) is 49.4 Å². The summed E-state index contributed by atoms with van der Waals surface area (Å²) in [4.78, 5) is 14.5. The summed E-state index contributed by atoms with van der Waals surface area (Å²) in [7, 11) is 0. The highest BCUT2D eigenvalue weighted by Crippen LogP contribution is 2.25. The number of hydrogen-bond acceptors (Lipinski definition) is 5. The predicted octanol–water partition coefficient (Wildman–Crippen LogP) is 2.81. The minimum Gasteiger partial charge on any atom is -0.342 e. The zero-order chi connectivity index (χ0) is 16.2. The molecule has 6 nitrogen and oxygen atoms in total. The lowest BCUT2D eigenvalue weighted by Crippen LogP contribution is -2.40. The average molecular weight is 352 g/mol. The Morgan fingerprint density at radius 2 is 1.91 bits per heavy atom. The van der Waals surface area contributed by atoms with Crippen LogP contribution in [0.5, 0.6) is 0 Å². The van der Waals surface area contributed by atoms with Crippen LogP contribution in [0.2, 0.25) is 5.02 Å². The number of likely N-dealkylation sites (tertiary alicyclic amines) is 1. The van der Waals surface area contributed by atoms with Crippen molar-refractivity contribution in [1.82, 2.24) is 25.1 Å². The smallest absolute Gasteiger partial charge is 0.235 e. The molecule has 1 fully saturated rings. The minimum absolute atomic E-state index is 0.153. The maximum absolute atomic E-state index is 12.5. The molecular weight excluding hydrogens is 334 g/mol. The van der Waals surface area contributed by atoms with Crippen LogP contribution < -0.4 is 0 Å². The fraction of sp³-hybridized carbons (Fsp3) is 0.467. The summed E-state index contributed by atoms with van der Waals surface area (Å²) < 4.78 is 1.63. The third kappa shape index (κ3) is 3.84. The topological polar surface area (TPSA) is 63.9 Å². The zero-order valence-electron chi connectivity index (χ0n) is 12.9. The maximum atomic E-state index is 12.5. The summed E-state index contributed by atoms with van der Waals surface area (Å²) in [6, 6.07) is 7.27. The second kappa shape index (κ2) is 7.31. The highest BCUT2D eigenvalue weighted by Gasteiger charge is 2.25. The van der Waals surface area contributed by atoms with Crippen molar-refractivity contribution in [3.05, 3.63) is 29.3 Å². The molecule has 0 aliphatic carbocycles. The van der Waals surface area contributed by atoms with Gasteiger partial charge in [-0.1, -0.05) is 23.4 Å². The van der Waals surface area contributed by atoms with E-state index in [0.717, 1.165) is 31.6 Å². The maximum Gasteiger partial charge on any atom is 0.235 e. The molecular formula is C15H18ClN5OS. The van der Waals surface area contributed by atoms with Gasteiger partial charge >= 0.3 is 0 Å². The molecule has 1 aromatic carbocycles. The Morgan fingerprint density at radius 3 is 2.61 bits per heavy atom. The number of carbonyl (C=O) groups is 1. The van der Waals surface area contributed by atoms with E-state index in [9.17, 15) is 4.79 Å². The molecule has 122 valence electrons. The van der Waals surface area contributed by atoms with Crippen LogP contribution in [0.4, 0.5) is 0 Å². The molecule has 3 rings (SSSR count). The van der Waals surface area contributed by atoms with E-state index < -0.39 is 0 Å². The molecule has 0 N–H and O–H groups in total. The molecule has 0 radical (unpaired) electrons. The molecule has 1 saturated heterocycles. The third-order valence-corrected chi connectivity index (χ3v) is 5.08. The highest BCUT2D eigenvalue weighted by atomic mass is 35.5. The lowest BCUT2D eigenvalue weighted by Gasteiger charge is -2.28.